The Hall–Kier alpha value is -5.55. The summed E-state index contributed by atoms with van der Waals surface area (Å²) in [4.78, 5) is 14.3. The summed E-state index contributed by atoms with van der Waals surface area (Å²) >= 11 is 0. The number of nitrogens with zero attached hydrogens (tertiary/aromatic N) is 5. The summed E-state index contributed by atoms with van der Waals surface area (Å²) < 4.78 is 4.59. The fraction of sp³-hybridized carbons (Fsp3) is 0. The molecule has 0 unspecified atom stereocenters. The van der Waals surface area contributed by atoms with E-state index in [1.165, 1.54) is 21.5 Å². The van der Waals surface area contributed by atoms with Gasteiger partial charge in [-0.1, -0.05) is 54.6 Å². The molecule has 0 spiro atoms. The Bertz CT molecular complexity index is 2430. The van der Waals surface area contributed by atoms with Crippen LogP contribution in [0.25, 0.3) is 77.1 Å². The molecule has 0 saturated heterocycles. The molecule has 40 heavy (non-hydrogen) atoms. The second-order valence-corrected chi connectivity index (χ2v) is 10.2. The first-order valence-corrected chi connectivity index (χ1v) is 13.4. The Morgan fingerprint density at radius 1 is 0.500 bits per heavy atom. The van der Waals surface area contributed by atoms with Crippen LogP contribution in [0.3, 0.4) is 0 Å². The maximum atomic E-state index is 5.13. The maximum absolute atomic E-state index is 5.13. The molecule has 0 atom stereocenters. The van der Waals surface area contributed by atoms with Gasteiger partial charge < -0.3 is 0 Å². The van der Waals surface area contributed by atoms with Crippen molar-refractivity contribution in [3.05, 3.63) is 128 Å². The minimum atomic E-state index is 0.879. The van der Waals surface area contributed by atoms with Crippen LogP contribution >= 0.6 is 0 Å². The van der Waals surface area contributed by atoms with Gasteiger partial charge in [-0.2, -0.15) is 0 Å². The highest BCUT2D eigenvalue weighted by Gasteiger charge is 2.19. The topological polar surface area (TPSA) is 48.0 Å². The van der Waals surface area contributed by atoms with Crippen molar-refractivity contribution in [3.8, 4) is 16.9 Å². The zero-order chi connectivity index (χ0) is 26.2. The van der Waals surface area contributed by atoms with Gasteiger partial charge in [0.25, 0.3) is 0 Å². The smallest absolute Gasteiger partial charge is 0.146 e. The Balaban J connectivity index is 1.45. The molecule has 0 N–H and O–H groups in total. The summed E-state index contributed by atoms with van der Waals surface area (Å²) in [5, 5.41) is 5.89. The molecule has 9 rings (SSSR count). The molecular formula is C35H21N5. The van der Waals surface area contributed by atoms with Crippen LogP contribution in [0, 0.1) is 0 Å². The quantitative estimate of drug-likeness (QED) is 0.219. The second kappa shape index (κ2) is 7.98. The first-order chi connectivity index (χ1) is 19.8. The van der Waals surface area contributed by atoms with Gasteiger partial charge in [0.15, 0.2) is 0 Å². The van der Waals surface area contributed by atoms with E-state index in [4.69, 9.17) is 9.97 Å². The van der Waals surface area contributed by atoms with Gasteiger partial charge in [-0.15, -0.1) is 0 Å². The van der Waals surface area contributed by atoms with Crippen molar-refractivity contribution in [2.75, 3.05) is 0 Å². The fourth-order valence-electron chi connectivity index (χ4n) is 6.27. The first kappa shape index (κ1) is 21.4. The van der Waals surface area contributed by atoms with Gasteiger partial charge in [0, 0.05) is 45.7 Å². The largest absolute Gasteiger partial charge is 0.294 e. The summed E-state index contributed by atoms with van der Waals surface area (Å²) in [6.07, 6.45) is 5.58. The van der Waals surface area contributed by atoms with Crippen LogP contribution in [-0.2, 0) is 0 Å². The normalized spacial score (nSPS) is 12.0. The van der Waals surface area contributed by atoms with E-state index < -0.39 is 0 Å². The molecule has 0 aliphatic rings. The Morgan fingerprint density at radius 2 is 1.27 bits per heavy atom. The Morgan fingerprint density at radius 3 is 2.12 bits per heavy atom. The number of pyridine rings is 3. The van der Waals surface area contributed by atoms with E-state index in [1.807, 2.05) is 24.5 Å². The van der Waals surface area contributed by atoms with Crippen molar-refractivity contribution in [2.24, 2.45) is 0 Å². The van der Waals surface area contributed by atoms with Crippen molar-refractivity contribution < 1.29 is 0 Å². The number of fused-ring (bicyclic) bond motifs is 11. The van der Waals surface area contributed by atoms with Crippen LogP contribution in [0.1, 0.15) is 0 Å². The minimum absolute atomic E-state index is 0.879. The van der Waals surface area contributed by atoms with E-state index in [1.54, 1.807) is 6.20 Å². The van der Waals surface area contributed by atoms with Gasteiger partial charge in [0.2, 0.25) is 0 Å². The molecule has 0 aliphatic carbocycles. The van der Waals surface area contributed by atoms with Crippen LogP contribution in [0.4, 0.5) is 0 Å². The van der Waals surface area contributed by atoms with Crippen LogP contribution in [0.2, 0.25) is 0 Å². The molecule has 0 amide bonds. The van der Waals surface area contributed by atoms with Crippen LogP contribution in [0.5, 0.6) is 0 Å². The molecule has 5 heteroatoms. The van der Waals surface area contributed by atoms with E-state index in [2.05, 4.69) is 111 Å². The van der Waals surface area contributed by atoms with Gasteiger partial charge >= 0.3 is 0 Å². The SMILES string of the molecule is c1cncc(-c2ccnc(-n3c4ccccc4c4cc5c(cc43)c3ccccc3n3c4ccccc4nc53)c2)c1. The van der Waals surface area contributed by atoms with E-state index >= 15 is 0 Å². The molecule has 5 nitrogen and oxygen atoms in total. The number of hydrogen-bond acceptors (Lipinski definition) is 3. The van der Waals surface area contributed by atoms with Gasteiger partial charge in [-0.3, -0.25) is 14.0 Å². The maximum Gasteiger partial charge on any atom is 0.146 e. The zero-order valence-electron chi connectivity index (χ0n) is 21.4. The van der Waals surface area contributed by atoms with E-state index in [9.17, 15) is 0 Å². The molecular weight excluding hydrogens is 490 g/mol. The Labute approximate surface area is 228 Å². The molecule has 0 bridgehead atoms. The van der Waals surface area contributed by atoms with Gasteiger partial charge in [-0.05, 0) is 65.5 Å². The van der Waals surface area contributed by atoms with Crippen LogP contribution < -0.4 is 0 Å². The summed E-state index contributed by atoms with van der Waals surface area (Å²) in [5.74, 6) is 0.879. The standard InChI is InChI=1S/C35H21N5/c1-5-13-31-24(9-1)26-20-33-27(19-28(26)35-38-29-11-3-6-14-32(29)40(31)35)25-10-2-4-12-30(25)39(33)34-18-22(15-17-37-34)23-8-7-16-36-21-23/h1-21H. The Kier molecular flexibility index (Phi) is 4.27. The second-order valence-electron chi connectivity index (χ2n) is 10.2. The first-order valence-electron chi connectivity index (χ1n) is 13.4. The average molecular weight is 512 g/mol. The summed E-state index contributed by atoms with van der Waals surface area (Å²) in [5.41, 5.74) is 8.64. The number of benzene rings is 4. The van der Waals surface area contributed by atoms with Crippen molar-refractivity contribution in [1.82, 2.24) is 23.9 Å². The predicted molar refractivity (Wildman–Crippen MR) is 163 cm³/mol. The number of aromatic nitrogens is 5. The van der Waals surface area contributed by atoms with E-state index in [-0.39, 0.29) is 0 Å². The predicted octanol–water partition coefficient (Wildman–Crippen LogP) is 8.35. The minimum Gasteiger partial charge on any atom is -0.294 e. The number of imidazole rings is 1. The van der Waals surface area contributed by atoms with E-state index in [0.717, 1.165) is 55.6 Å². The lowest BCUT2D eigenvalue weighted by Crippen LogP contribution is -1.98. The van der Waals surface area contributed by atoms with Crippen molar-refractivity contribution in [1.29, 1.82) is 0 Å². The van der Waals surface area contributed by atoms with Crippen LogP contribution in [-0.4, -0.2) is 23.9 Å². The molecule has 9 aromatic rings. The lowest BCUT2D eigenvalue weighted by molar-refractivity contribution is 1.08. The van der Waals surface area contributed by atoms with Crippen molar-refractivity contribution >= 4 is 60.2 Å². The summed E-state index contributed by atoms with van der Waals surface area (Å²) in [6, 6.07) is 38.5. The lowest BCUT2D eigenvalue weighted by Gasteiger charge is -2.12. The number of para-hydroxylation sites is 4. The monoisotopic (exact) mass is 511 g/mol. The number of rotatable bonds is 2. The summed E-state index contributed by atoms with van der Waals surface area (Å²) in [6.45, 7) is 0. The van der Waals surface area contributed by atoms with Gasteiger partial charge in [-0.25, -0.2) is 9.97 Å². The van der Waals surface area contributed by atoms with Gasteiger partial charge in [0.1, 0.15) is 11.5 Å². The fourth-order valence-corrected chi connectivity index (χ4v) is 6.27. The number of hydrogen-bond donors (Lipinski definition) is 0. The van der Waals surface area contributed by atoms with Crippen LogP contribution in [0.15, 0.2) is 128 Å². The molecule has 5 aromatic heterocycles. The van der Waals surface area contributed by atoms with Crippen molar-refractivity contribution in [2.45, 2.75) is 0 Å². The average Bonchev–Trinajstić information content (AvgIpc) is 3.57. The highest BCUT2D eigenvalue weighted by atomic mass is 15.1. The molecule has 0 aliphatic heterocycles. The molecule has 4 aromatic carbocycles. The zero-order valence-corrected chi connectivity index (χ0v) is 21.4. The molecule has 5 heterocycles. The molecule has 0 radical (unpaired) electrons. The van der Waals surface area contributed by atoms with Gasteiger partial charge in [0.05, 0.1) is 27.6 Å². The third kappa shape index (κ3) is 2.89. The highest BCUT2D eigenvalue weighted by Crippen LogP contribution is 2.39. The lowest BCUT2D eigenvalue weighted by atomic mass is 10.0. The third-order valence-corrected chi connectivity index (χ3v) is 8.02. The third-order valence-electron chi connectivity index (χ3n) is 8.02. The molecule has 186 valence electrons. The highest BCUT2D eigenvalue weighted by molar-refractivity contribution is 6.21. The van der Waals surface area contributed by atoms with E-state index in [0.29, 0.717) is 0 Å². The summed E-state index contributed by atoms with van der Waals surface area (Å²) in [7, 11) is 0. The molecule has 0 saturated carbocycles. The van der Waals surface area contributed by atoms with Crippen molar-refractivity contribution in [3.63, 3.8) is 0 Å². The molecule has 0 fully saturated rings.